The van der Waals surface area contributed by atoms with Crippen molar-refractivity contribution in [3.05, 3.63) is 0 Å². The molecule has 0 unspecified atom stereocenters. The molecule has 0 aromatic carbocycles. The van der Waals surface area contributed by atoms with Crippen LogP contribution in [0.15, 0.2) is 0 Å². The van der Waals surface area contributed by atoms with Crippen molar-refractivity contribution >= 4 is 0 Å². The zero-order chi connectivity index (χ0) is 11.9. The number of hydrogen-bond acceptors (Lipinski definition) is 0. The Morgan fingerprint density at radius 2 is 1.44 bits per heavy atom. The van der Waals surface area contributed by atoms with E-state index < -0.39 is 0 Å². The summed E-state index contributed by atoms with van der Waals surface area (Å²) in [7, 11) is 0. The lowest BCUT2D eigenvalue weighted by Crippen LogP contribution is -2.21. The first-order valence-corrected chi connectivity index (χ1v) is 7.67. The van der Waals surface area contributed by atoms with Gasteiger partial charge in [-0.2, -0.15) is 0 Å². The van der Waals surface area contributed by atoms with Crippen molar-refractivity contribution in [2.24, 2.45) is 11.3 Å². The first-order chi connectivity index (χ1) is 7.67. The predicted molar refractivity (Wildman–Crippen MR) is 73.7 cm³/mol. The topological polar surface area (TPSA) is 0 Å². The summed E-state index contributed by atoms with van der Waals surface area (Å²) in [6, 6.07) is 0. The maximum Gasteiger partial charge on any atom is -0.0326 e. The van der Waals surface area contributed by atoms with Gasteiger partial charge in [-0.25, -0.2) is 0 Å². The molecule has 1 saturated carbocycles. The van der Waals surface area contributed by atoms with E-state index in [1.54, 1.807) is 0 Å². The largest absolute Gasteiger partial charge is 0.0654 e. The molecule has 1 fully saturated rings. The van der Waals surface area contributed by atoms with Crippen molar-refractivity contribution in [3.63, 3.8) is 0 Å². The smallest absolute Gasteiger partial charge is 0.0326 e. The minimum atomic E-state index is 0.626. The molecule has 0 bridgehead atoms. The lowest BCUT2D eigenvalue weighted by molar-refractivity contribution is 0.192. The maximum absolute atomic E-state index is 2.51. The summed E-state index contributed by atoms with van der Waals surface area (Å²) in [5, 5.41) is 0. The van der Waals surface area contributed by atoms with Gasteiger partial charge in [0, 0.05) is 0 Å². The third-order valence-corrected chi connectivity index (χ3v) is 4.64. The summed E-state index contributed by atoms with van der Waals surface area (Å²) >= 11 is 0. The molecule has 0 heteroatoms. The van der Waals surface area contributed by atoms with Crippen molar-refractivity contribution in [1.82, 2.24) is 0 Å². The fraction of sp³-hybridized carbons (Fsp3) is 1.00. The van der Waals surface area contributed by atoms with Gasteiger partial charge in [0.15, 0.2) is 0 Å². The summed E-state index contributed by atoms with van der Waals surface area (Å²) in [6.45, 7) is 7.31. The van der Waals surface area contributed by atoms with Crippen molar-refractivity contribution in [2.75, 3.05) is 0 Å². The van der Waals surface area contributed by atoms with Gasteiger partial charge in [0.2, 0.25) is 0 Å². The summed E-state index contributed by atoms with van der Waals surface area (Å²) in [6.07, 6.45) is 16.1. The molecule has 0 nitrogen and oxygen atoms in total. The highest BCUT2D eigenvalue weighted by atomic mass is 14.4. The molecule has 0 spiro atoms. The second kappa shape index (κ2) is 7.35. The van der Waals surface area contributed by atoms with Gasteiger partial charge in [-0.15, -0.1) is 0 Å². The van der Waals surface area contributed by atoms with Crippen molar-refractivity contribution in [1.29, 1.82) is 0 Å². The Kier molecular flexibility index (Phi) is 6.46. The van der Waals surface area contributed by atoms with Crippen LogP contribution in [-0.2, 0) is 0 Å². The highest BCUT2D eigenvalue weighted by molar-refractivity contribution is 4.82. The molecule has 0 amide bonds. The summed E-state index contributed by atoms with van der Waals surface area (Å²) < 4.78 is 0. The lowest BCUT2D eigenvalue weighted by Gasteiger charge is -2.31. The van der Waals surface area contributed by atoms with Crippen molar-refractivity contribution in [3.8, 4) is 0 Å². The molecule has 0 aromatic rings. The van der Waals surface area contributed by atoms with Crippen LogP contribution in [0.2, 0.25) is 0 Å². The third-order valence-electron chi connectivity index (χ3n) is 4.64. The summed E-state index contributed by atoms with van der Waals surface area (Å²) in [4.78, 5) is 0. The molecule has 0 aromatic heterocycles. The monoisotopic (exact) mass is 224 g/mol. The van der Waals surface area contributed by atoms with Crippen LogP contribution in [0.5, 0.6) is 0 Å². The van der Waals surface area contributed by atoms with Gasteiger partial charge >= 0.3 is 0 Å². The molecule has 1 rings (SSSR count). The molecule has 0 atom stereocenters. The van der Waals surface area contributed by atoms with E-state index in [0.717, 1.165) is 5.92 Å². The second-order valence-electron chi connectivity index (χ2n) is 6.49. The molecular formula is C16H32. The molecule has 0 aliphatic heterocycles. The molecule has 0 heterocycles. The van der Waals surface area contributed by atoms with Crippen LogP contribution < -0.4 is 0 Å². The fourth-order valence-corrected chi connectivity index (χ4v) is 3.27. The van der Waals surface area contributed by atoms with Gasteiger partial charge in [-0.1, -0.05) is 72.1 Å². The van der Waals surface area contributed by atoms with Crippen LogP contribution in [0.3, 0.4) is 0 Å². The molecule has 16 heavy (non-hydrogen) atoms. The summed E-state index contributed by atoms with van der Waals surface area (Å²) in [5.74, 6) is 1.03. The number of hydrogen-bond donors (Lipinski definition) is 0. The van der Waals surface area contributed by atoms with Crippen LogP contribution in [0.4, 0.5) is 0 Å². The van der Waals surface area contributed by atoms with Gasteiger partial charge in [0.05, 0.1) is 0 Å². The Labute approximate surface area is 103 Å². The zero-order valence-electron chi connectivity index (χ0n) is 11.9. The number of unbranched alkanes of at least 4 members (excludes halogenated alkanes) is 5. The highest BCUT2D eigenvalue weighted by Gasteiger charge is 2.30. The third kappa shape index (κ3) is 4.89. The van der Waals surface area contributed by atoms with Crippen molar-refractivity contribution < 1.29 is 0 Å². The Balaban J connectivity index is 2.06. The van der Waals surface area contributed by atoms with E-state index in [4.69, 9.17) is 0 Å². The van der Waals surface area contributed by atoms with Gasteiger partial charge in [0.25, 0.3) is 0 Å². The fourth-order valence-electron chi connectivity index (χ4n) is 3.27. The van der Waals surface area contributed by atoms with Gasteiger partial charge in [0.1, 0.15) is 0 Å². The SMILES string of the molecule is CCCCCCCCC(C)(C)C1CCCC1. The van der Waals surface area contributed by atoms with E-state index in [1.807, 2.05) is 0 Å². The lowest BCUT2D eigenvalue weighted by atomic mass is 9.74. The van der Waals surface area contributed by atoms with E-state index in [0.29, 0.717) is 5.41 Å². The molecule has 1 aliphatic rings. The zero-order valence-corrected chi connectivity index (χ0v) is 11.9. The average molecular weight is 224 g/mol. The predicted octanol–water partition coefficient (Wildman–Crippen LogP) is 5.95. The Morgan fingerprint density at radius 1 is 0.875 bits per heavy atom. The molecule has 0 N–H and O–H groups in total. The molecule has 96 valence electrons. The Hall–Kier alpha value is 0. The van der Waals surface area contributed by atoms with Crippen LogP contribution >= 0.6 is 0 Å². The van der Waals surface area contributed by atoms with Crippen molar-refractivity contribution in [2.45, 2.75) is 91.4 Å². The number of rotatable bonds is 8. The van der Waals surface area contributed by atoms with Crippen LogP contribution in [0.1, 0.15) is 91.4 Å². The second-order valence-corrected chi connectivity index (χ2v) is 6.49. The van der Waals surface area contributed by atoms with E-state index >= 15 is 0 Å². The van der Waals surface area contributed by atoms with E-state index in [2.05, 4.69) is 20.8 Å². The van der Waals surface area contributed by atoms with Crippen LogP contribution in [-0.4, -0.2) is 0 Å². The van der Waals surface area contributed by atoms with Gasteiger partial charge < -0.3 is 0 Å². The van der Waals surface area contributed by atoms with E-state index in [9.17, 15) is 0 Å². The van der Waals surface area contributed by atoms with Gasteiger partial charge in [-0.05, 0) is 30.6 Å². The maximum atomic E-state index is 2.51. The van der Waals surface area contributed by atoms with E-state index in [-0.39, 0.29) is 0 Å². The van der Waals surface area contributed by atoms with Crippen LogP contribution in [0.25, 0.3) is 0 Å². The first-order valence-electron chi connectivity index (χ1n) is 7.67. The summed E-state index contributed by atoms with van der Waals surface area (Å²) in [5.41, 5.74) is 0.626. The van der Waals surface area contributed by atoms with E-state index in [1.165, 1.54) is 70.6 Å². The molecular weight excluding hydrogens is 192 g/mol. The Morgan fingerprint density at radius 3 is 2.06 bits per heavy atom. The molecule has 0 saturated heterocycles. The minimum absolute atomic E-state index is 0.626. The average Bonchev–Trinajstić information content (AvgIpc) is 2.77. The van der Waals surface area contributed by atoms with Crippen LogP contribution in [0, 0.1) is 11.3 Å². The Bertz CT molecular complexity index is 163. The van der Waals surface area contributed by atoms with Gasteiger partial charge in [-0.3, -0.25) is 0 Å². The first kappa shape index (κ1) is 14.1. The molecule has 1 aliphatic carbocycles. The quantitative estimate of drug-likeness (QED) is 0.447. The minimum Gasteiger partial charge on any atom is -0.0654 e. The normalized spacial score (nSPS) is 18.2. The molecule has 0 radical (unpaired) electrons. The highest BCUT2D eigenvalue weighted by Crippen LogP contribution is 2.42. The standard InChI is InChI=1S/C16H32/c1-4-5-6-7-8-11-14-16(2,3)15-12-9-10-13-15/h15H,4-14H2,1-3H3.